The van der Waals surface area contributed by atoms with Gasteiger partial charge in [-0.2, -0.15) is 18.2 Å². The lowest BCUT2D eigenvalue weighted by molar-refractivity contribution is -0.159. The highest BCUT2D eigenvalue weighted by Gasteiger charge is 2.41. The van der Waals surface area contributed by atoms with Crippen molar-refractivity contribution < 1.29 is 44.4 Å². The number of benzene rings is 1. The number of piperidine rings is 1. The number of hydrogen-bond donors (Lipinski definition) is 0. The van der Waals surface area contributed by atoms with Crippen LogP contribution in [0, 0.1) is 11.6 Å². The molecule has 1 aromatic heterocycles. The Labute approximate surface area is 190 Å². The number of halogens is 5. The van der Waals surface area contributed by atoms with Gasteiger partial charge in [-0.1, -0.05) is 0 Å². The van der Waals surface area contributed by atoms with E-state index < -0.39 is 56.2 Å². The number of rotatable bonds is 5. The van der Waals surface area contributed by atoms with Crippen LogP contribution in [0.5, 0.6) is 5.75 Å². The number of carbonyl (C=O) groups is 1. The van der Waals surface area contributed by atoms with Crippen LogP contribution in [-0.4, -0.2) is 67.4 Å². The van der Waals surface area contributed by atoms with Crippen LogP contribution in [0.25, 0.3) is 0 Å². The maximum absolute atomic E-state index is 14.3. The maximum Gasteiger partial charge on any atom is 0.471 e. The van der Waals surface area contributed by atoms with E-state index in [1.165, 1.54) is 4.90 Å². The van der Waals surface area contributed by atoms with Gasteiger partial charge in [-0.05, 0) is 24.1 Å². The number of alkyl halides is 3. The molecular formula is C19H19F5N4O5S. The molecule has 0 spiro atoms. The lowest BCUT2D eigenvalue weighted by atomic mass is 10.0. The quantitative estimate of drug-likeness (QED) is 0.565. The number of aromatic nitrogens is 2. The molecule has 2 aliphatic rings. The van der Waals surface area contributed by atoms with E-state index in [1.807, 2.05) is 0 Å². The third kappa shape index (κ3) is 4.79. The van der Waals surface area contributed by atoms with Crippen LogP contribution in [0.2, 0.25) is 0 Å². The molecule has 3 heterocycles. The fourth-order valence-electron chi connectivity index (χ4n) is 4.02. The van der Waals surface area contributed by atoms with Gasteiger partial charge in [0.15, 0.2) is 27.5 Å². The summed E-state index contributed by atoms with van der Waals surface area (Å²) in [5.74, 6) is -4.94. The van der Waals surface area contributed by atoms with Crippen LogP contribution < -0.4 is 9.64 Å². The molecule has 4 rings (SSSR count). The van der Waals surface area contributed by atoms with Crippen LogP contribution in [0.3, 0.4) is 0 Å². The molecule has 0 saturated carbocycles. The summed E-state index contributed by atoms with van der Waals surface area (Å²) < 4.78 is 99.0. The monoisotopic (exact) mass is 510 g/mol. The Balaban J connectivity index is 1.37. The van der Waals surface area contributed by atoms with Crippen molar-refractivity contribution in [2.45, 2.75) is 42.5 Å². The Morgan fingerprint density at radius 1 is 1.09 bits per heavy atom. The van der Waals surface area contributed by atoms with Crippen LogP contribution >= 0.6 is 0 Å². The number of amides is 1. The molecule has 9 nitrogen and oxygen atoms in total. The highest BCUT2D eigenvalue weighted by Crippen LogP contribution is 2.32. The van der Waals surface area contributed by atoms with Gasteiger partial charge in [-0.25, -0.2) is 17.2 Å². The van der Waals surface area contributed by atoms with Gasteiger partial charge in [-0.3, -0.25) is 4.79 Å². The maximum atomic E-state index is 14.3. The molecule has 0 N–H and O–H groups in total. The van der Waals surface area contributed by atoms with Gasteiger partial charge in [0.05, 0.1) is 0 Å². The Morgan fingerprint density at radius 2 is 1.76 bits per heavy atom. The highest BCUT2D eigenvalue weighted by atomic mass is 32.2. The minimum absolute atomic E-state index is 0.185. The van der Waals surface area contributed by atoms with E-state index in [0.29, 0.717) is 31.5 Å². The smallest absolute Gasteiger partial charge is 0.471 e. The number of nitrogens with zero attached hydrogens (tertiary/aromatic N) is 4. The van der Waals surface area contributed by atoms with Crippen molar-refractivity contribution in [1.82, 2.24) is 15.0 Å². The summed E-state index contributed by atoms with van der Waals surface area (Å²) >= 11 is 0. The van der Waals surface area contributed by atoms with E-state index in [2.05, 4.69) is 14.7 Å². The van der Waals surface area contributed by atoms with Crippen LogP contribution in [0.4, 0.5) is 27.9 Å². The zero-order valence-electron chi connectivity index (χ0n) is 17.7. The van der Waals surface area contributed by atoms with Crippen LogP contribution in [0.1, 0.15) is 25.2 Å². The molecule has 0 aliphatic carbocycles. The van der Waals surface area contributed by atoms with Crippen molar-refractivity contribution in [2.24, 2.45) is 0 Å². The molecule has 1 unspecified atom stereocenters. The van der Waals surface area contributed by atoms with Crippen molar-refractivity contribution in [3.05, 3.63) is 29.7 Å². The molecule has 2 aromatic rings. The van der Waals surface area contributed by atoms with Gasteiger partial charge in [0, 0.05) is 44.4 Å². The molecule has 2 fully saturated rings. The molecule has 2 saturated heterocycles. The summed E-state index contributed by atoms with van der Waals surface area (Å²) in [5.41, 5.74) is 0. The molecule has 186 valence electrons. The summed E-state index contributed by atoms with van der Waals surface area (Å²) in [7, 11) is -3.98. The minimum Gasteiger partial charge on any atom is -0.477 e. The predicted octanol–water partition coefficient (Wildman–Crippen LogP) is 2.42. The number of likely N-dealkylation sites (tertiary alicyclic amines) is 1. The zero-order chi connectivity index (χ0) is 24.8. The highest BCUT2D eigenvalue weighted by molar-refractivity contribution is 7.90. The molecule has 1 aromatic carbocycles. The van der Waals surface area contributed by atoms with Gasteiger partial charge in [0.2, 0.25) is 0 Å². The lowest BCUT2D eigenvalue weighted by Gasteiger charge is -2.36. The Kier molecular flexibility index (Phi) is 6.16. The molecule has 0 bridgehead atoms. The average Bonchev–Trinajstić information content (AvgIpc) is 3.38. The van der Waals surface area contributed by atoms with E-state index in [9.17, 15) is 35.2 Å². The second kappa shape index (κ2) is 8.67. The van der Waals surface area contributed by atoms with Crippen molar-refractivity contribution in [2.75, 3.05) is 30.8 Å². The van der Waals surface area contributed by atoms with E-state index in [-0.39, 0.29) is 31.5 Å². The minimum atomic E-state index is -4.74. The molecule has 0 radical (unpaired) electrons. The summed E-state index contributed by atoms with van der Waals surface area (Å²) in [6, 6.07) is 0.871. The number of anilines is 1. The van der Waals surface area contributed by atoms with Crippen molar-refractivity contribution >= 4 is 21.7 Å². The first kappa shape index (κ1) is 24.2. The molecule has 1 amide bonds. The van der Waals surface area contributed by atoms with Crippen molar-refractivity contribution in [3.8, 4) is 5.75 Å². The first-order chi connectivity index (χ1) is 15.8. The summed E-state index contributed by atoms with van der Waals surface area (Å²) in [5, 5.41) is 3.35. The number of ether oxygens (including phenoxy) is 1. The van der Waals surface area contributed by atoms with Gasteiger partial charge < -0.3 is 19.1 Å². The molecule has 34 heavy (non-hydrogen) atoms. The van der Waals surface area contributed by atoms with Gasteiger partial charge in [-0.15, -0.1) is 0 Å². The molecule has 2 aliphatic heterocycles. The topological polar surface area (TPSA) is 106 Å². The largest absolute Gasteiger partial charge is 0.477 e. The van der Waals surface area contributed by atoms with Gasteiger partial charge in [0.25, 0.3) is 11.9 Å². The number of hydrogen-bond acceptors (Lipinski definition) is 8. The second-order valence-electron chi connectivity index (χ2n) is 8.03. The first-order valence-electron chi connectivity index (χ1n) is 10.2. The summed E-state index contributed by atoms with van der Waals surface area (Å²) in [6.45, 7) is 0.854. The fraction of sp³-hybridized carbons (Fsp3) is 0.526. The van der Waals surface area contributed by atoms with Crippen molar-refractivity contribution in [3.63, 3.8) is 0 Å². The Bertz CT molecular complexity index is 1190. The van der Waals surface area contributed by atoms with Gasteiger partial charge in [0.1, 0.15) is 10.7 Å². The van der Waals surface area contributed by atoms with E-state index in [4.69, 9.17) is 4.74 Å². The predicted molar refractivity (Wildman–Crippen MR) is 105 cm³/mol. The number of sulfone groups is 1. The fourth-order valence-corrected chi connectivity index (χ4v) is 4.75. The molecule has 1 atom stereocenters. The van der Waals surface area contributed by atoms with E-state index >= 15 is 0 Å². The number of carbonyl (C=O) groups excluding carboxylic acids is 1. The third-order valence-corrected chi connectivity index (χ3v) is 6.80. The second-order valence-corrected chi connectivity index (χ2v) is 10.0. The van der Waals surface area contributed by atoms with Crippen LogP contribution in [0.15, 0.2) is 21.6 Å². The lowest BCUT2D eigenvalue weighted by Crippen LogP contribution is -2.47. The Hall–Kier alpha value is -2.97. The van der Waals surface area contributed by atoms with Gasteiger partial charge >= 0.3 is 12.1 Å². The van der Waals surface area contributed by atoms with Crippen LogP contribution in [-0.2, 0) is 20.8 Å². The average molecular weight is 510 g/mol. The normalized spacial score (nSPS) is 20.3. The van der Waals surface area contributed by atoms with Crippen molar-refractivity contribution in [1.29, 1.82) is 0 Å². The molecule has 15 heteroatoms. The summed E-state index contributed by atoms with van der Waals surface area (Å²) in [6.07, 6.45) is -4.05. The SMILES string of the molecule is CS(=O)(=O)c1cc(F)c(OC2CCN(C3CCN(c4noc(C(F)(F)F)n4)CC3)C2=O)cc1F. The van der Waals surface area contributed by atoms with E-state index in [0.717, 1.165) is 6.26 Å². The molecular weight excluding hydrogens is 491 g/mol. The first-order valence-corrected chi connectivity index (χ1v) is 12.1. The zero-order valence-corrected chi connectivity index (χ0v) is 18.5. The van der Waals surface area contributed by atoms with E-state index in [1.54, 1.807) is 4.90 Å². The third-order valence-electron chi connectivity index (χ3n) is 5.69. The standard InChI is InChI=1S/C19H19F5N4O5S/c1-34(30,31)15-9-11(20)14(8-12(15)21)32-13-4-7-28(16(13)29)10-2-5-27(6-3-10)18-25-17(33-26-18)19(22,23)24/h8-10,13H,2-7H2,1H3. The summed E-state index contributed by atoms with van der Waals surface area (Å²) in [4.78, 5) is 18.4. The Morgan fingerprint density at radius 3 is 2.35 bits per heavy atom.